The summed E-state index contributed by atoms with van der Waals surface area (Å²) in [5.74, 6) is 0.239. The average Bonchev–Trinajstić information content (AvgIpc) is 2.60. The molecule has 0 amide bonds. The fraction of sp³-hybridized carbons (Fsp3) is 0.400. The van der Waals surface area contributed by atoms with Gasteiger partial charge in [-0.05, 0) is 48.6 Å². The number of pyridine rings is 1. The first-order valence-electron chi connectivity index (χ1n) is 8.56. The standard InChI is InChI=1S/C20H22F3NOS/c1-3-4-7-15-8-5-6-14(2)18(15)11-17(25)13-26-19-10-9-16(12-24-19)20(21,22)23/h5-6,8-10,12H,3-4,7,11,13H2,1-2H3. The van der Waals surface area contributed by atoms with Crippen molar-refractivity contribution in [3.05, 3.63) is 58.8 Å². The molecule has 0 radical (unpaired) electrons. The first kappa shape index (κ1) is 20.5. The maximum atomic E-state index is 12.5. The van der Waals surface area contributed by atoms with Gasteiger partial charge >= 0.3 is 6.18 Å². The molecule has 0 aliphatic carbocycles. The first-order chi connectivity index (χ1) is 12.3. The molecule has 0 unspecified atom stereocenters. The van der Waals surface area contributed by atoms with Crippen molar-refractivity contribution in [1.82, 2.24) is 4.98 Å². The number of unbranched alkanes of at least 4 members (excludes halogenated alkanes) is 1. The van der Waals surface area contributed by atoms with Crippen LogP contribution in [0.4, 0.5) is 13.2 Å². The number of benzene rings is 1. The first-order valence-corrected chi connectivity index (χ1v) is 9.55. The number of aromatic nitrogens is 1. The molecule has 0 aliphatic heterocycles. The highest BCUT2D eigenvalue weighted by Gasteiger charge is 2.30. The highest BCUT2D eigenvalue weighted by atomic mass is 32.2. The number of carbonyl (C=O) groups excluding carboxylic acids is 1. The summed E-state index contributed by atoms with van der Waals surface area (Å²) in [4.78, 5) is 16.2. The number of ketones is 1. The zero-order valence-electron chi connectivity index (χ0n) is 14.9. The van der Waals surface area contributed by atoms with Gasteiger partial charge in [-0.15, -0.1) is 0 Å². The number of halogens is 3. The highest BCUT2D eigenvalue weighted by Crippen LogP contribution is 2.29. The van der Waals surface area contributed by atoms with Crippen molar-refractivity contribution < 1.29 is 18.0 Å². The van der Waals surface area contributed by atoms with Crippen molar-refractivity contribution in [3.63, 3.8) is 0 Å². The molecule has 6 heteroatoms. The molecule has 26 heavy (non-hydrogen) atoms. The van der Waals surface area contributed by atoms with Gasteiger partial charge in [0.1, 0.15) is 5.78 Å². The molecule has 2 aromatic rings. The van der Waals surface area contributed by atoms with Gasteiger partial charge in [0.2, 0.25) is 0 Å². The third kappa shape index (κ3) is 5.87. The van der Waals surface area contributed by atoms with Crippen molar-refractivity contribution in [3.8, 4) is 0 Å². The maximum absolute atomic E-state index is 12.5. The van der Waals surface area contributed by atoms with E-state index < -0.39 is 11.7 Å². The molecule has 1 heterocycles. The minimum atomic E-state index is -4.40. The number of hydrogen-bond donors (Lipinski definition) is 0. The van der Waals surface area contributed by atoms with E-state index in [0.29, 0.717) is 11.4 Å². The van der Waals surface area contributed by atoms with Crippen LogP contribution in [0, 0.1) is 6.92 Å². The molecule has 0 spiro atoms. The number of hydrogen-bond acceptors (Lipinski definition) is 3. The highest BCUT2D eigenvalue weighted by molar-refractivity contribution is 7.99. The van der Waals surface area contributed by atoms with Gasteiger partial charge in [0.15, 0.2) is 0 Å². The molecule has 0 saturated heterocycles. The van der Waals surface area contributed by atoms with E-state index in [1.807, 2.05) is 19.1 Å². The zero-order valence-corrected chi connectivity index (χ0v) is 15.7. The van der Waals surface area contributed by atoms with Gasteiger partial charge in [0.05, 0.1) is 16.3 Å². The van der Waals surface area contributed by atoms with Gasteiger partial charge in [-0.1, -0.05) is 43.3 Å². The minimum absolute atomic E-state index is 0.0451. The lowest BCUT2D eigenvalue weighted by Gasteiger charge is -2.12. The van der Waals surface area contributed by atoms with Gasteiger partial charge in [-0.2, -0.15) is 13.2 Å². The Kier molecular flexibility index (Phi) is 7.26. The number of alkyl halides is 3. The molecule has 2 rings (SSSR count). The fourth-order valence-corrected chi connectivity index (χ4v) is 3.36. The zero-order chi connectivity index (χ0) is 19.2. The Balaban J connectivity index is 1.97. The van der Waals surface area contributed by atoms with Crippen LogP contribution in [0.25, 0.3) is 0 Å². The Morgan fingerprint density at radius 3 is 2.58 bits per heavy atom. The van der Waals surface area contributed by atoms with Crippen LogP contribution in [0.1, 0.15) is 42.0 Å². The van der Waals surface area contributed by atoms with Crippen molar-refractivity contribution >= 4 is 17.5 Å². The second-order valence-electron chi connectivity index (χ2n) is 6.20. The van der Waals surface area contributed by atoms with Crippen LogP contribution in [0.15, 0.2) is 41.6 Å². The smallest absolute Gasteiger partial charge is 0.298 e. The molecule has 140 valence electrons. The number of thioether (sulfide) groups is 1. The van der Waals surface area contributed by atoms with Gasteiger partial charge in [-0.25, -0.2) is 4.98 Å². The summed E-state index contributed by atoms with van der Waals surface area (Å²) < 4.78 is 37.6. The van der Waals surface area contributed by atoms with E-state index in [0.717, 1.165) is 42.7 Å². The molecular weight excluding hydrogens is 359 g/mol. The number of Topliss-reactive ketones (excluding diaryl/α,β-unsaturated/α-hetero) is 1. The van der Waals surface area contributed by atoms with Crippen molar-refractivity contribution in [2.24, 2.45) is 0 Å². The SMILES string of the molecule is CCCCc1cccc(C)c1CC(=O)CSc1ccc(C(F)(F)F)cn1. The molecule has 2 nitrogen and oxygen atoms in total. The molecule has 0 aliphatic rings. The topological polar surface area (TPSA) is 30.0 Å². The van der Waals surface area contributed by atoms with Crippen molar-refractivity contribution in [2.75, 3.05) is 5.75 Å². The summed E-state index contributed by atoms with van der Waals surface area (Å²) in [6.07, 6.45) is -0.123. The van der Waals surface area contributed by atoms with Gasteiger partial charge in [0.25, 0.3) is 0 Å². The number of rotatable bonds is 8. The predicted octanol–water partition coefficient (Wildman–Crippen LogP) is 5.66. The Bertz CT molecular complexity index is 742. The Hall–Kier alpha value is -1.82. The van der Waals surface area contributed by atoms with Crippen LogP contribution in [0.5, 0.6) is 0 Å². The minimum Gasteiger partial charge on any atom is -0.298 e. The number of aryl methyl sites for hydroxylation is 2. The quantitative estimate of drug-likeness (QED) is 0.553. The van der Waals surface area contributed by atoms with Crippen molar-refractivity contribution in [2.45, 2.75) is 50.7 Å². The second kappa shape index (κ2) is 9.21. The third-order valence-corrected chi connectivity index (χ3v) is 5.13. The van der Waals surface area contributed by atoms with E-state index in [4.69, 9.17) is 0 Å². The molecular formula is C20H22F3NOS. The fourth-order valence-electron chi connectivity index (χ4n) is 2.65. The van der Waals surface area contributed by atoms with Crippen LogP contribution in [-0.2, 0) is 23.8 Å². The number of carbonyl (C=O) groups is 1. The largest absolute Gasteiger partial charge is 0.417 e. The summed E-state index contributed by atoms with van der Waals surface area (Å²) in [5, 5.41) is 0.419. The van der Waals surface area contributed by atoms with Crippen molar-refractivity contribution in [1.29, 1.82) is 0 Å². The van der Waals surface area contributed by atoms with Crippen LogP contribution in [0.3, 0.4) is 0 Å². The molecule has 0 fully saturated rings. The molecule has 0 bridgehead atoms. The summed E-state index contributed by atoms with van der Waals surface area (Å²) in [6, 6.07) is 8.37. The van der Waals surface area contributed by atoms with E-state index in [1.54, 1.807) is 0 Å². The van der Waals surface area contributed by atoms with E-state index >= 15 is 0 Å². The lowest BCUT2D eigenvalue weighted by atomic mass is 9.94. The summed E-state index contributed by atoms with van der Waals surface area (Å²) in [6.45, 7) is 4.14. The van der Waals surface area contributed by atoms with Gasteiger partial charge < -0.3 is 0 Å². The normalized spacial score (nSPS) is 11.6. The van der Waals surface area contributed by atoms with Crippen LogP contribution in [-0.4, -0.2) is 16.5 Å². The lowest BCUT2D eigenvalue weighted by Crippen LogP contribution is -2.10. The van der Waals surface area contributed by atoms with E-state index in [9.17, 15) is 18.0 Å². The van der Waals surface area contributed by atoms with E-state index in [-0.39, 0.29) is 11.5 Å². The molecule has 1 aromatic heterocycles. The summed E-state index contributed by atoms with van der Waals surface area (Å²) in [7, 11) is 0. The van der Waals surface area contributed by atoms with Gasteiger partial charge in [-0.3, -0.25) is 4.79 Å². The van der Waals surface area contributed by atoms with Crippen LogP contribution >= 0.6 is 11.8 Å². The third-order valence-electron chi connectivity index (χ3n) is 4.13. The number of nitrogens with zero attached hydrogens (tertiary/aromatic N) is 1. The van der Waals surface area contributed by atoms with E-state index in [1.165, 1.54) is 23.4 Å². The summed E-state index contributed by atoms with van der Waals surface area (Å²) >= 11 is 1.17. The molecule has 1 aromatic carbocycles. The Labute approximate surface area is 156 Å². The van der Waals surface area contributed by atoms with E-state index in [2.05, 4.69) is 18.0 Å². The van der Waals surface area contributed by atoms with Gasteiger partial charge in [0, 0.05) is 12.6 Å². The van der Waals surface area contributed by atoms with Crippen LogP contribution < -0.4 is 0 Å². The second-order valence-corrected chi connectivity index (χ2v) is 7.20. The summed E-state index contributed by atoms with van der Waals surface area (Å²) in [5.41, 5.74) is 2.60. The average molecular weight is 381 g/mol. The Morgan fingerprint density at radius 2 is 1.96 bits per heavy atom. The maximum Gasteiger partial charge on any atom is 0.417 e. The monoisotopic (exact) mass is 381 g/mol. The Morgan fingerprint density at radius 1 is 1.19 bits per heavy atom. The molecule has 0 saturated carbocycles. The lowest BCUT2D eigenvalue weighted by molar-refractivity contribution is -0.137. The van der Waals surface area contributed by atoms with Crippen LogP contribution in [0.2, 0.25) is 0 Å². The molecule has 0 N–H and O–H groups in total. The predicted molar refractivity (Wildman–Crippen MR) is 98.5 cm³/mol. The molecule has 0 atom stereocenters.